The molecule has 0 aliphatic rings. The molecule has 3 aromatic carbocycles. The molecule has 0 aliphatic heterocycles. The van der Waals surface area contributed by atoms with E-state index in [1.165, 1.54) is 5.56 Å². The van der Waals surface area contributed by atoms with E-state index in [9.17, 15) is 5.26 Å². The Bertz CT molecular complexity index is 1000. The lowest BCUT2D eigenvalue weighted by Gasteiger charge is -2.08. The van der Waals surface area contributed by atoms with Gasteiger partial charge in [-0.15, -0.1) is 0 Å². The topological polar surface area (TPSA) is 33.0 Å². The predicted molar refractivity (Wildman–Crippen MR) is 112 cm³/mol. The zero-order chi connectivity index (χ0) is 19.2. The van der Waals surface area contributed by atoms with Gasteiger partial charge in [0.25, 0.3) is 0 Å². The number of allylic oxidation sites excluding steroid dienone is 1. The number of aryl methyl sites for hydroxylation is 1. The van der Waals surface area contributed by atoms with Gasteiger partial charge in [-0.2, -0.15) is 5.26 Å². The maximum Gasteiger partial charge on any atom is 0.119 e. The second-order valence-electron chi connectivity index (χ2n) is 6.13. The van der Waals surface area contributed by atoms with Gasteiger partial charge in [0.05, 0.1) is 11.6 Å². The van der Waals surface area contributed by atoms with Crippen LogP contribution in [0.2, 0.25) is 10.0 Å². The summed E-state index contributed by atoms with van der Waals surface area (Å²) in [7, 11) is 0. The van der Waals surface area contributed by atoms with E-state index >= 15 is 0 Å². The van der Waals surface area contributed by atoms with Gasteiger partial charge in [0, 0.05) is 15.6 Å². The van der Waals surface area contributed by atoms with Crippen molar-refractivity contribution in [1.29, 1.82) is 5.26 Å². The monoisotopic (exact) mass is 393 g/mol. The number of halogens is 2. The SMILES string of the molecule is Cc1ccc(/C(C#N)=C\c2ccc(OCc3ccc(Cl)cc3Cl)cc2)cc1. The molecule has 0 aromatic heterocycles. The first-order valence-electron chi connectivity index (χ1n) is 8.41. The van der Waals surface area contributed by atoms with Gasteiger partial charge in [-0.25, -0.2) is 0 Å². The summed E-state index contributed by atoms with van der Waals surface area (Å²) in [5, 5.41) is 10.6. The van der Waals surface area contributed by atoms with Crippen molar-refractivity contribution in [1.82, 2.24) is 0 Å². The van der Waals surface area contributed by atoms with E-state index in [0.29, 0.717) is 22.2 Å². The van der Waals surface area contributed by atoms with Gasteiger partial charge >= 0.3 is 0 Å². The molecule has 27 heavy (non-hydrogen) atoms. The van der Waals surface area contributed by atoms with Gasteiger partial charge in [0.2, 0.25) is 0 Å². The van der Waals surface area contributed by atoms with E-state index in [4.69, 9.17) is 27.9 Å². The fourth-order valence-electron chi connectivity index (χ4n) is 2.54. The smallest absolute Gasteiger partial charge is 0.119 e. The van der Waals surface area contributed by atoms with E-state index in [-0.39, 0.29) is 0 Å². The molecule has 0 bridgehead atoms. The molecule has 0 heterocycles. The highest BCUT2D eigenvalue weighted by molar-refractivity contribution is 6.35. The first-order chi connectivity index (χ1) is 13.0. The van der Waals surface area contributed by atoms with Crippen LogP contribution in [-0.4, -0.2) is 0 Å². The molecule has 0 unspecified atom stereocenters. The maximum absolute atomic E-state index is 9.46. The van der Waals surface area contributed by atoms with Gasteiger partial charge in [0.1, 0.15) is 12.4 Å². The molecule has 4 heteroatoms. The number of benzene rings is 3. The number of nitrogens with zero attached hydrogens (tertiary/aromatic N) is 1. The fourth-order valence-corrected chi connectivity index (χ4v) is 3.00. The van der Waals surface area contributed by atoms with Crippen LogP contribution in [0.1, 0.15) is 22.3 Å². The third-order valence-corrected chi connectivity index (χ3v) is 4.67. The summed E-state index contributed by atoms with van der Waals surface area (Å²) < 4.78 is 5.78. The molecule has 0 N–H and O–H groups in total. The minimum atomic E-state index is 0.359. The van der Waals surface area contributed by atoms with Crippen molar-refractivity contribution >= 4 is 34.9 Å². The highest BCUT2D eigenvalue weighted by atomic mass is 35.5. The van der Waals surface area contributed by atoms with Crippen molar-refractivity contribution in [3.8, 4) is 11.8 Å². The van der Waals surface area contributed by atoms with Crippen LogP contribution in [0.15, 0.2) is 66.7 Å². The quantitative estimate of drug-likeness (QED) is 0.347. The Morgan fingerprint density at radius 1 is 1.00 bits per heavy atom. The minimum Gasteiger partial charge on any atom is -0.489 e. The summed E-state index contributed by atoms with van der Waals surface area (Å²) in [5.74, 6) is 0.729. The predicted octanol–water partition coefficient (Wildman–Crippen LogP) is 6.95. The molecule has 3 aromatic rings. The normalized spacial score (nSPS) is 11.1. The zero-order valence-corrected chi connectivity index (χ0v) is 16.3. The molecule has 0 saturated heterocycles. The largest absolute Gasteiger partial charge is 0.489 e. The number of nitriles is 1. The third kappa shape index (κ3) is 5.14. The van der Waals surface area contributed by atoms with E-state index in [1.807, 2.05) is 67.6 Å². The fraction of sp³-hybridized carbons (Fsp3) is 0.0870. The molecule has 0 radical (unpaired) electrons. The highest BCUT2D eigenvalue weighted by Crippen LogP contribution is 2.24. The van der Waals surface area contributed by atoms with Gasteiger partial charge < -0.3 is 4.74 Å². The lowest BCUT2D eigenvalue weighted by atomic mass is 10.0. The number of hydrogen-bond donors (Lipinski definition) is 0. The summed E-state index contributed by atoms with van der Waals surface area (Å²) in [6.45, 7) is 2.38. The van der Waals surface area contributed by atoms with Crippen LogP contribution >= 0.6 is 23.2 Å². The number of rotatable bonds is 5. The van der Waals surface area contributed by atoms with Crippen LogP contribution in [0.5, 0.6) is 5.75 Å². The first kappa shape index (κ1) is 19.0. The molecule has 0 fully saturated rings. The molecule has 2 nitrogen and oxygen atoms in total. The minimum absolute atomic E-state index is 0.359. The Hall–Kier alpha value is -2.73. The Labute approximate surface area is 169 Å². The molecular weight excluding hydrogens is 377 g/mol. The molecular formula is C23H17Cl2NO. The van der Waals surface area contributed by atoms with Crippen molar-refractivity contribution in [2.24, 2.45) is 0 Å². The van der Waals surface area contributed by atoms with Crippen LogP contribution in [0, 0.1) is 18.3 Å². The Morgan fingerprint density at radius 3 is 2.33 bits per heavy atom. The zero-order valence-electron chi connectivity index (χ0n) is 14.7. The van der Waals surface area contributed by atoms with Crippen molar-refractivity contribution in [3.05, 3.63) is 99.0 Å². The van der Waals surface area contributed by atoms with Crippen molar-refractivity contribution in [2.45, 2.75) is 13.5 Å². The van der Waals surface area contributed by atoms with Crippen LogP contribution in [-0.2, 0) is 6.61 Å². The van der Waals surface area contributed by atoms with Crippen molar-refractivity contribution < 1.29 is 4.74 Å². The van der Waals surface area contributed by atoms with Crippen LogP contribution in [0.25, 0.3) is 11.6 Å². The van der Waals surface area contributed by atoms with Crippen molar-refractivity contribution in [2.75, 3.05) is 0 Å². The van der Waals surface area contributed by atoms with Gasteiger partial charge in [0.15, 0.2) is 0 Å². The third-order valence-electron chi connectivity index (χ3n) is 4.08. The number of ether oxygens (including phenoxy) is 1. The summed E-state index contributed by atoms with van der Waals surface area (Å²) in [4.78, 5) is 0. The highest BCUT2D eigenvalue weighted by Gasteiger charge is 2.04. The maximum atomic E-state index is 9.46. The lowest BCUT2D eigenvalue weighted by molar-refractivity contribution is 0.306. The molecule has 0 atom stereocenters. The molecule has 0 spiro atoms. The molecule has 134 valence electrons. The molecule has 0 saturated carbocycles. The average molecular weight is 394 g/mol. The van der Waals surface area contributed by atoms with E-state index in [1.54, 1.807) is 12.1 Å². The summed E-state index contributed by atoms with van der Waals surface area (Å²) in [6, 6.07) is 23.1. The van der Waals surface area contributed by atoms with E-state index in [0.717, 1.165) is 22.4 Å². The summed E-state index contributed by atoms with van der Waals surface area (Å²) in [5.41, 5.74) is 4.50. The van der Waals surface area contributed by atoms with Crippen LogP contribution < -0.4 is 4.74 Å². The van der Waals surface area contributed by atoms with Crippen LogP contribution in [0.3, 0.4) is 0 Å². The Kier molecular flexibility index (Phi) is 6.19. The second kappa shape index (κ2) is 8.77. The van der Waals surface area contributed by atoms with Gasteiger partial charge in [-0.05, 0) is 48.4 Å². The lowest BCUT2D eigenvalue weighted by Crippen LogP contribution is -1.96. The molecule has 0 aliphatic carbocycles. The van der Waals surface area contributed by atoms with Crippen molar-refractivity contribution in [3.63, 3.8) is 0 Å². The molecule has 3 rings (SSSR count). The average Bonchev–Trinajstić information content (AvgIpc) is 2.67. The summed E-state index contributed by atoms with van der Waals surface area (Å²) >= 11 is 12.1. The Balaban J connectivity index is 1.71. The summed E-state index contributed by atoms with van der Waals surface area (Å²) in [6.07, 6.45) is 1.87. The number of hydrogen-bond acceptors (Lipinski definition) is 2. The van der Waals surface area contributed by atoms with Gasteiger partial charge in [-0.3, -0.25) is 0 Å². The molecule has 0 amide bonds. The van der Waals surface area contributed by atoms with E-state index in [2.05, 4.69) is 6.07 Å². The van der Waals surface area contributed by atoms with Gasteiger partial charge in [-0.1, -0.05) is 71.2 Å². The van der Waals surface area contributed by atoms with Crippen LogP contribution in [0.4, 0.5) is 0 Å². The standard InChI is InChI=1S/C23H17Cl2NO/c1-16-2-6-18(7-3-16)20(14-26)12-17-4-10-22(11-5-17)27-15-19-8-9-21(24)13-23(19)25/h2-13H,15H2,1H3/b20-12-. The second-order valence-corrected chi connectivity index (χ2v) is 6.97. The Morgan fingerprint density at radius 2 is 1.70 bits per heavy atom. The first-order valence-corrected chi connectivity index (χ1v) is 9.16. The van der Waals surface area contributed by atoms with E-state index < -0.39 is 0 Å².